The molecule has 1 atom stereocenters. The molecule has 1 aromatic carbocycles. The number of methoxy groups -OCH3 is 1. The van der Waals surface area contributed by atoms with E-state index in [9.17, 15) is 0 Å². The molecule has 23 heavy (non-hydrogen) atoms. The zero-order valence-corrected chi connectivity index (χ0v) is 13.4. The summed E-state index contributed by atoms with van der Waals surface area (Å²) in [7, 11) is 3.63. The lowest BCUT2D eigenvalue weighted by Crippen LogP contribution is -2.30. The number of anilines is 4. The first kappa shape index (κ1) is 15.4. The second-order valence-electron chi connectivity index (χ2n) is 5.55. The minimum Gasteiger partial charge on any atom is -0.497 e. The molecule has 0 aliphatic carbocycles. The summed E-state index contributed by atoms with van der Waals surface area (Å²) in [6, 6.07) is 10.1. The van der Waals surface area contributed by atoms with Crippen molar-refractivity contribution in [3.63, 3.8) is 0 Å². The van der Waals surface area contributed by atoms with Crippen LogP contribution < -0.4 is 26.0 Å². The SMILES string of the molecule is CN[C@@H]1CCN(c2cc(Nc3cccc(OC)c3)nc(N)n2)C1. The van der Waals surface area contributed by atoms with Crippen LogP contribution >= 0.6 is 0 Å². The van der Waals surface area contributed by atoms with E-state index in [0.29, 0.717) is 11.9 Å². The van der Waals surface area contributed by atoms with E-state index in [4.69, 9.17) is 10.5 Å². The fourth-order valence-corrected chi connectivity index (χ4v) is 2.73. The van der Waals surface area contributed by atoms with Crippen LogP contribution in [0.3, 0.4) is 0 Å². The Morgan fingerprint density at radius 1 is 1.30 bits per heavy atom. The first-order valence-corrected chi connectivity index (χ1v) is 7.66. The molecule has 0 amide bonds. The highest BCUT2D eigenvalue weighted by molar-refractivity contribution is 5.62. The van der Waals surface area contributed by atoms with Gasteiger partial charge in [-0.2, -0.15) is 9.97 Å². The number of nitrogens with two attached hydrogens (primary N) is 1. The Morgan fingerprint density at radius 3 is 2.91 bits per heavy atom. The first-order chi connectivity index (χ1) is 11.2. The number of hydrogen-bond acceptors (Lipinski definition) is 7. The van der Waals surface area contributed by atoms with Gasteiger partial charge in [0.25, 0.3) is 0 Å². The molecule has 7 heteroatoms. The third kappa shape index (κ3) is 3.62. The molecule has 1 aliphatic heterocycles. The van der Waals surface area contributed by atoms with Crippen LogP contribution in [0.1, 0.15) is 6.42 Å². The Labute approximate surface area is 135 Å². The van der Waals surface area contributed by atoms with Gasteiger partial charge in [0.1, 0.15) is 17.4 Å². The molecular weight excluding hydrogens is 292 g/mol. The Kier molecular flexibility index (Phi) is 4.47. The van der Waals surface area contributed by atoms with Crippen LogP contribution in [-0.2, 0) is 0 Å². The molecule has 0 spiro atoms. The number of ether oxygens (including phenoxy) is 1. The zero-order valence-electron chi connectivity index (χ0n) is 13.4. The van der Waals surface area contributed by atoms with Gasteiger partial charge in [0, 0.05) is 37.0 Å². The quantitative estimate of drug-likeness (QED) is 0.772. The predicted octanol–water partition coefficient (Wildman–Crippen LogP) is 1.61. The van der Waals surface area contributed by atoms with Crippen molar-refractivity contribution in [3.05, 3.63) is 30.3 Å². The maximum absolute atomic E-state index is 5.87. The predicted molar refractivity (Wildman–Crippen MR) is 92.4 cm³/mol. The molecule has 1 aromatic heterocycles. The number of nitrogens with zero attached hydrogens (tertiary/aromatic N) is 3. The Hall–Kier alpha value is -2.54. The van der Waals surface area contributed by atoms with Crippen molar-refractivity contribution < 1.29 is 4.74 Å². The van der Waals surface area contributed by atoms with Crippen molar-refractivity contribution in [1.29, 1.82) is 0 Å². The van der Waals surface area contributed by atoms with Crippen molar-refractivity contribution in [2.45, 2.75) is 12.5 Å². The minimum absolute atomic E-state index is 0.265. The average molecular weight is 314 g/mol. The van der Waals surface area contributed by atoms with Gasteiger partial charge in [-0.05, 0) is 25.6 Å². The third-order valence-electron chi connectivity index (χ3n) is 3.99. The molecular formula is C16H22N6O. The smallest absolute Gasteiger partial charge is 0.223 e. The Bertz CT molecular complexity index is 677. The van der Waals surface area contributed by atoms with E-state index in [0.717, 1.165) is 36.8 Å². The topological polar surface area (TPSA) is 88.3 Å². The normalized spacial score (nSPS) is 17.3. The van der Waals surface area contributed by atoms with Gasteiger partial charge in [0.15, 0.2) is 0 Å². The molecule has 122 valence electrons. The van der Waals surface area contributed by atoms with Crippen LogP contribution in [0.15, 0.2) is 30.3 Å². The maximum atomic E-state index is 5.87. The molecule has 7 nitrogen and oxygen atoms in total. The van der Waals surface area contributed by atoms with Crippen LogP contribution in [-0.4, -0.2) is 43.3 Å². The molecule has 1 saturated heterocycles. The molecule has 1 fully saturated rings. The van der Waals surface area contributed by atoms with Crippen molar-refractivity contribution >= 4 is 23.3 Å². The van der Waals surface area contributed by atoms with E-state index in [-0.39, 0.29) is 5.95 Å². The van der Waals surface area contributed by atoms with Gasteiger partial charge >= 0.3 is 0 Å². The zero-order chi connectivity index (χ0) is 16.2. The van der Waals surface area contributed by atoms with Gasteiger partial charge in [-0.3, -0.25) is 0 Å². The van der Waals surface area contributed by atoms with E-state index >= 15 is 0 Å². The van der Waals surface area contributed by atoms with Gasteiger partial charge in [-0.25, -0.2) is 0 Å². The number of nitrogen functional groups attached to an aromatic ring is 1. The second kappa shape index (κ2) is 6.70. The lowest BCUT2D eigenvalue weighted by Gasteiger charge is -2.18. The number of rotatable bonds is 5. The summed E-state index contributed by atoms with van der Waals surface area (Å²) in [4.78, 5) is 10.8. The van der Waals surface area contributed by atoms with E-state index in [1.54, 1.807) is 7.11 Å². The van der Waals surface area contributed by atoms with Crippen molar-refractivity contribution in [2.75, 3.05) is 43.2 Å². The number of aromatic nitrogens is 2. The number of nitrogens with one attached hydrogen (secondary N) is 2. The molecule has 4 N–H and O–H groups in total. The van der Waals surface area contributed by atoms with Gasteiger partial charge in [-0.15, -0.1) is 0 Å². The standard InChI is InChI=1S/C16H22N6O/c1-18-12-6-7-22(10-12)15-9-14(20-16(17)21-15)19-11-4-3-5-13(8-11)23-2/h3-5,8-9,12,18H,6-7,10H2,1-2H3,(H3,17,19,20,21)/t12-/m1/s1. The molecule has 2 heterocycles. The maximum Gasteiger partial charge on any atom is 0.223 e. The average Bonchev–Trinajstić information content (AvgIpc) is 3.03. The van der Waals surface area contributed by atoms with Crippen molar-refractivity contribution in [1.82, 2.24) is 15.3 Å². The summed E-state index contributed by atoms with van der Waals surface area (Å²) < 4.78 is 5.23. The lowest BCUT2D eigenvalue weighted by molar-refractivity contribution is 0.415. The van der Waals surface area contributed by atoms with Gasteiger partial charge < -0.3 is 26.0 Å². The minimum atomic E-state index is 0.265. The van der Waals surface area contributed by atoms with Gasteiger partial charge in [-0.1, -0.05) is 6.07 Å². The molecule has 3 rings (SSSR count). The van der Waals surface area contributed by atoms with E-state index in [1.165, 1.54) is 0 Å². The summed E-state index contributed by atoms with van der Waals surface area (Å²) in [6.07, 6.45) is 1.10. The second-order valence-corrected chi connectivity index (χ2v) is 5.55. The highest BCUT2D eigenvalue weighted by Crippen LogP contribution is 2.25. The van der Waals surface area contributed by atoms with Crippen molar-refractivity contribution in [2.24, 2.45) is 0 Å². The summed E-state index contributed by atoms with van der Waals surface area (Å²) in [5.74, 6) is 2.57. The van der Waals surface area contributed by atoms with Crippen molar-refractivity contribution in [3.8, 4) is 5.75 Å². The summed E-state index contributed by atoms with van der Waals surface area (Å²) >= 11 is 0. The monoisotopic (exact) mass is 314 g/mol. The van der Waals surface area contributed by atoms with Crippen LogP contribution in [0, 0.1) is 0 Å². The van der Waals surface area contributed by atoms with Crippen LogP contribution in [0.4, 0.5) is 23.3 Å². The molecule has 0 radical (unpaired) electrons. The first-order valence-electron chi connectivity index (χ1n) is 7.66. The molecule has 0 unspecified atom stereocenters. The summed E-state index contributed by atoms with van der Waals surface area (Å²) in [5, 5.41) is 6.55. The largest absolute Gasteiger partial charge is 0.497 e. The van der Waals surface area contributed by atoms with Crippen LogP contribution in [0.25, 0.3) is 0 Å². The number of hydrogen-bond donors (Lipinski definition) is 3. The van der Waals surface area contributed by atoms with E-state index in [1.807, 2.05) is 37.4 Å². The fraction of sp³-hybridized carbons (Fsp3) is 0.375. The molecule has 0 bridgehead atoms. The molecule has 2 aromatic rings. The molecule has 0 saturated carbocycles. The van der Waals surface area contributed by atoms with Gasteiger partial charge in [0.05, 0.1) is 7.11 Å². The number of benzene rings is 1. The van der Waals surface area contributed by atoms with Crippen LogP contribution in [0.5, 0.6) is 5.75 Å². The fourth-order valence-electron chi connectivity index (χ4n) is 2.73. The summed E-state index contributed by atoms with van der Waals surface area (Å²) in [6.45, 7) is 1.88. The van der Waals surface area contributed by atoms with E-state index in [2.05, 4.69) is 25.5 Å². The van der Waals surface area contributed by atoms with Gasteiger partial charge in [0.2, 0.25) is 5.95 Å². The lowest BCUT2D eigenvalue weighted by atomic mass is 10.3. The highest BCUT2D eigenvalue weighted by Gasteiger charge is 2.22. The molecule has 1 aliphatic rings. The number of likely N-dealkylation sites (N-methyl/N-ethyl adjacent to an activating group) is 1. The van der Waals surface area contributed by atoms with Crippen LogP contribution in [0.2, 0.25) is 0 Å². The third-order valence-corrected chi connectivity index (χ3v) is 3.99. The Balaban J connectivity index is 1.80. The summed E-state index contributed by atoms with van der Waals surface area (Å²) in [5.41, 5.74) is 6.77. The van der Waals surface area contributed by atoms with E-state index < -0.39 is 0 Å². The Morgan fingerprint density at radius 2 is 2.17 bits per heavy atom. The highest BCUT2D eigenvalue weighted by atomic mass is 16.5.